The Bertz CT molecular complexity index is 1240. The Morgan fingerprint density at radius 1 is 1.17 bits per heavy atom. The van der Waals surface area contributed by atoms with Crippen molar-refractivity contribution in [2.45, 2.75) is 50.6 Å². The molecule has 1 atom stereocenters. The van der Waals surface area contributed by atoms with Gasteiger partial charge in [0.2, 0.25) is 17.6 Å². The molecule has 2 N–H and O–H groups in total. The fourth-order valence-corrected chi connectivity index (χ4v) is 4.46. The second kappa shape index (κ2) is 9.13. The number of ether oxygens (including phenoxy) is 1. The molecule has 2 amide bonds. The highest BCUT2D eigenvalue weighted by Gasteiger charge is 2.47. The summed E-state index contributed by atoms with van der Waals surface area (Å²) in [5.41, 5.74) is 1.86. The zero-order chi connectivity index (χ0) is 24.6. The Labute approximate surface area is 203 Å². The topological polar surface area (TPSA) is 123 Å². The van der Waals surface area contributed by atoms with Crippen LogP contribution in [0.25, 0.3) is 11.5 Å². The number of carbonyl (C=O) groups is 3. The van der Waals surface area contributed by atoms with E-state index in [2.05, 4.69) is 20.6 Å². The Hall–Kier alpha value is -3.75. The minimum Gasteiger partial charge on any atom is -0.467 e. The van der Waals surface area contributed by atoms with Crippen molar-refractivity contribution >= 4 is 23.5 Å². The average Bonchev–Trinajstić information content (AvgIpc) is 3.37. The van der Waals surface area contributed by atoms with Crippen molar-refractivity contribution < 1.29 is 23.5 Å². The monoisotopic (exact) mass is 476 g/mol. The second-order valence-corrected chi connectivity index (χ2v) is 9.46. The highest BCUT2D eigenvalue weighted by atomic mass is 16.5. The summed E-state index contributed by atoms with van der Waals surface area (Å²) in [6, 6.07) is 7.61. The normalized spacial score (nSPS) is 19.1. The lowest BCUT2D eigenvalue weighted by Gasteiger charge is -2.38. The lowest BCUT2D eigenvalue weighted by atomic mass is 9.76. The van der Waals surface area contributed by atoms with Gasteiger partial charge in [-0.05, 0) is 63.2 Å². The number of nitrogens with one attached hydrogen (secondary N) is 2. The summed E-state index contributed by atoms with van der Waals surface area (Å²) in [6.07, 6.45) is 7.40. The molecular weight excluding hydrogens is 448 g/mol. The third kappa shape index (κ3) is 4.62. The van der Waals surface area contributed by atoms with E-state index in [9.17, 15) is 14.4 Å². The van der Waals surface area contributed by atoms with Gasteiger partial charge in [0.25, 0.3) is 5.91 Å². The van der Waals surface area contributed by atoms with Gasteiger partial charge < -0.3 is 19.8 Å². The van der Waals surface area contributed by atoms with Crippen LogP contribution in [0, 0.1) is 5.92 Å². The van der Waals surface area contributed by atoms with E-state index < -0.39 is 17.4 Å². The van der Waals surface area contributed by atoms with E-state index in [0.29, 0.717) is 42.2 Å². The van der Waals surface area contributed by atoms with E-state index in [0.717, 1.165) is 12.0 Å². The highest BCUT2D eigenvalue weighted by molar-refractivity contribution is 6.15. The lowest BCUT2D eigenvalue weighted by molar-refractivity contribution is -0.152. The molecule has 5 rings (SSSR count). The predicted molar refractivity (Wildman–Crippen MR) is 128 cm³/mol. The van der Waals surface area contributed by atoms with Gasteiger partial charge in [0.15, 0.2) is 0 Å². The van der Waals surface area contributed by atoms with E-state index in [1.165, 1.54) is 26.1 Å². The summed E-state index contributed by atoms with van der Waals surface area (Å²) < 4.78 is 10.6. The Kier molecular flexibility index (Phi) is 6.00. The fraction of sp³-hybridized carbons (Fsp3) is 0.423. The van der Waals surface area contributed by atoms with Crippen molar-refractivity contribution in [3.05, 3.63) is 53.4 Å². The van der Waals surface area contributed by atoms with Gasteiger partial charge in [-0.1, -0.05) is 12.1 Å². The number of aliphatic imine (C=N–C) groups is 1. The molecule has 0 radical (unpaired) electrons. The molecule has 2 aromatic rings. The molecular formula is C26H28N4O5. The van der Waals surface area contributed by atoms with Gasteiger partial charge in [-0.25, -0.2) is 9.78 Å². The molecule has 0 spiro atoms. The molecule has 1 aromatic heterocycles. The molecule has 9 nitrogen and oxygen atoms in total. The van der Waals surface area contributed by atoms with Crippen LogP contribution in [0.3, 0.4) is 0 Å². The van der Waals surface area contributed by atoms with Crippen LogP contribution in [0.4, 0.5) is 0 Å². The number of oxazole rings is 1. The van der Waals surface area contributed by atoms with Crippen LogP contribution in [0.1, 0.15) is 55.1 Å². The van der Waals surface area contributed by atoms with Gasteiger partial charge in [0, 0.05) is 22.7 Å². The van der Waals surface area contributed by atoms with Crippen LogP contribution in [0.2, 0.25) is 0 Å². The van der Waals surface area contributed by atoms with Crippen LogP contribution in [-0.2, 0) is 14.3 Å². The molecule has 2 heterocycles. The smallest absolute Gasteiger partial charge is 0.331 e. The Morgan fingerprint density at radius 2 is 1.94 bits per heavy atom. The number of esters is 1. The molecule has 0 unspecified atom stereocenters. The molecule has 182 valence electrons. The zero-order valence-electron chi connectivity index (χ0n) is 19.8. The molecule has 9 heteroatoms. The molecule has 3 aliphatic rings. The number of amides is 2. The van der Waals surface area contributed by atoms with Crippen molar-refractivity contribution in [1.29, 1.82) is 0 Å². The summed E-state index contributed by atoms with van der Waals surface area (Å²) in [6.45, 7) is 2.39. The fourth-order valence-electron chi connectivity index (χ4n) is 4.46. The third-order valence-electron chi connectivity index (χ3n) is 6.98. The van der Waals surface area contributed by atoms with Gasteiger partial charge in [0.05, 0.1) is 25.6 Å². The first-order chi connectivity index (χ1) is 16.9. The maximum atomic E-state index is 12.7. The van der Waals surface area contributed by atoms with Crippen LogP contribution >= 0.6 is 0 Å². The van der Waals surface area contributed by atoms with Crippen molar-refractivity contribution in [2.24, 2.45) is 10.9 Å². The molecule has 1 aromatic carbocycles. The van der Waals surface area contributed by atoms with E-state index in [1.54, 1.807) is 0 Å². The third-order valence-corrected chi connectivity index (χ3v) is 6.98. The van der Waals surface area contributed by atoms with Gasteiger partial charge in [-0.2, -0.15) is 0 Å². The average molecular weight is 477 g/mol. The predicted octanol–water partition coefficient (Wildman–Crippen LogP) is 2.81. The van der Waals surface area contributed by atoms with Gasteiger partial charge in [-0.15, -0.1) is 0 Å². The van der Waals surface area contributed by atoms with E-state index in [1.807, 2.05) is 37.3 Å². The van der Waals surface area contributed by atoms with Crippen LogP contribution < -0.4 is 10.6 Å². The van der Waals surface area contributed by atoms with Crippen LogP contribution in [0.5, 0.6) is 0 Å². The van der Waals surface area contributed by atoms with Crippen LogP contribution in [0.15, 0.2) is 51.5 Å². The van der Waals surface area contributed by atoms with Crippen molar-refractivity contribution in [3.63, 3.8) is 0 Å². The maximum absolute atomic E-state index is 12.7. The summed E-state index contributed by atoms with van der Waals surface area (Å²) in [5.74, 6) is -0.155. The summed E-state index contributed by atoms with van der Waals surface area (Å²) >= 11 is 0. The summed E-state index contributed by atoms with van der Waals surface area (Å²) in [5, 5.41) is 5.81. The number of carbonyl (C=O) groups excluding carboxylic acids is 3. The largest absolute Gasteiger partial charge is 0.467 e. The number of hydrogen-bond acceptors (Lipinski definition) is 7. The lowest BCUT2D eigenvalue weighted by Crippen LogP contribution is -2.59. The van der Waals surface area contributed by atoms with Crippen molar-refractivity contribution in [2.75, 3.05) is 13.7 Å². The summed E-state index contributed by atoms with van der Waals surface area (Å²) in [7, 11) is 1.31. The summed E-state index contributed by atoms with van der Waals surface area (Å²) in [4.78, 5) is 46.1. The minimum absolute atomic E-state index is 0.0161. The van der Waals surface area contributed by atoms with Gasteiger partial charge >= 0.3 is 5.97 Å². The first-order valence-electron chi connectivity index (χ1n) is 11.9. The Morgan fingerprint density at radius 3 is 2.63 bits per heavy atom. The SMILES string of the molecule is COC(=O)C1(NC(=O)c2cnc(-c3cccc(C4=NCC(C(=O)N[C@@H](C)C5CC5)=C4)c3)o2)CCC1. The van der Waals surface area contributed by atoms with Gasteiger partial charge in [-0.3, -0.25) is 14.6 Å². The number of rotatable bonds is 8. The number of benzene rings is 1. The molecule has 2 saturated carbocycles. The second-order valence-electron chi connectivity index (χ2n) is 9.46. The van der Waals surface area contributed by atoms with E-state index in [-0.39, 0.29) is 23.6 Å². The van der Waals surface area contributed by atoms with Crippen molar-refractivity contribution in [1.82, 2.24) is 15.6 Å². The maximum Gasteiger partial charge on any atom is 0.331 e. The molecule has 35 heavy (non-hydrogen) atoms. The number of aromatic nitrogens is 1. The number of methoxy groups -OCH3 is 1. The first kappa shape index (κ1) is 23.0. The Balaban J connectivity index is 1.27. The first-order valence-corrected chi connectivity index (χ1v) is 11.9. The van der Waals surface area contributed by atoms with Gasteiger partial charge in [0.1, 0.15) is 5.54 Å². The zero-order valence-corrected chi connectivity index (χ0v) is 19.8. The van der Waals surface area contributed by atoms with Crippen molar-refractivity contribution in [3.8, 4) is 11.5 Å². The standard InChI is InChI=1S/C26H28N4O5/c1-15(16-7-8-16)29-22(31)19-12-20(27-13-19)17-5-3-6-18(11-17)24-28-14-21(35-24)23(32)30-26(9-4-10-26)25(33)34-2/h3,5-6,11-12,14-16H,4,7-10,13H2,1-2H3,(H,29,31)(H,30,32)/t15-/m0/s1. The molecule has 2 fully saturated rings. The molecule has 1 aliphatic heterocycles. The quantitative estimate of drug-likeness (QED) is 0.565. The molecule has 2 aliphatic carbocycles. The minimum atomic E-state index is -0.994. The van der Waals surface area contributed by atoms with E-state index in [4.69, 9.17) is 9.15 Å². The molecule has 0 bridgehead atoms. The van der Waals surface area contributed by atoms with Crippen LogP contribution in [-0.4, -0.2) is 53.7 Å². The number of nitrogens with zero attached hydrogens (tertiary/aromatic N) is 2. The number of hydrogen-bond donors (Lipinski definition) is 2. The van der Waals surface area contributed by atoms with E-state index >= 15 is 0 Å². The molecule has 0 saturated heterocycles. The number of allylic oxidation sites excluding steroid dienone is 1. The highest BCUT2D eigenvalue weighted by Crippen LogP contribution is 2.34.